The molecule has 0 aliphatic rings. The van der Waals surface area contributed by atoms with Crippen molar-refractivity contribution in [2.24, 2.45) is 0 Å². The molecule has 1 atom stereocenters. The van der Waals surface area contributed by atoms with Gasteiger partial charge in [0.05, 0.1) is 16.6 Å². The van der Waals surface area contributed by atoms with E-state index in [9.17, 15) is 13.2 Å². The molecule has 2 aromatic carbocycles. The van der Waals surface area contributed by atoms with Crippen LogP contribution in [0.1, 0.15) is 36.1 Å². The first-order valence-electron chi connectivity index (χ1n) is 9.57. The van der Waals surface area contributed by atoms with Gasteiger partial charge >= 0.3 is 0 Å². The molecule has 0 unspecified atom stereocenters. The van der Waals surface area contributed by atoms with Crippen molar-refractivity contribution >= 4 is 15.9 Å². The van der Waals surface area contributed by atoms with Crippen molar-refractivity contribution in [3.05, 3.63) is 71.8 Å². The molecule has 0 radical (unpaired) electrons. The fraction of sp³-hybridized carbons (Fsp3) is 0.286. The van der Waals surface area contributed by atoms with Crippen molar-refractivity contribution in [2.45, 2.75) is 38.1 Å². The number of nitrogens with one attached hydrogen (secondary N) is 2. The molecule has 0 saturated heterocycles. The summed E-state index contributed by atoms with van der Waals surface area (Å²) >= 11 is 0. The summed E-state index contributed by atoms with van der Waals surface area (Å²) in [5, 5.41) is 6.96. The van der Waals surface area contributed by atoms with Crippen LogP contribution in [0.15, 0.2) is 60.0 Å². The lowest BCUT2D eigenvalue weighted by Gasteiger charge is -2.15. The molecule has 3 aromatic rings. The average Bonchev–Trinajstić information content (AvgIpc) is 3.24. The normalized spacial score (nSPS) is 12.5. The number of aryl methyl sites for hydroxylation is 2. The highest BCUT2D eigenvalue weighted by Crippen LogP contribution is 2.17. The molecule has 2 N–H and O–H groups in total. The van der Waals surface area contributed by atoms with E-state index in [1.54, 1.807) is 30.1 Å². The van der Waals surface area contributed by atoms with Gasteiger partial charge in [-0.15, -0.1) is 0 Å². The van der Waals surface area contributed by atoms with Gasteiger partial charge in [0.25, 0.3) is 0 Å². The molecule has 9 heteroatoms. The Labute approximate surface area is 176 Å². The molecule has 158 valence electrons. The third-order valence-electron chi connectivity index (χ3n) is 4.73. The van der Waals surface area contributed by atoms with Crippen LogP contribution in [-0.2, 0) is 14.8 Å². The molecule has 0 bridgehead atoms. The molecule has 0 saturated carbocycles. The number of rotatable bonds is 8. The van der Waals surface area contributed by atoms with Gasteiger partial charge in [-0.05, 0) is 55.7 Å². The van der Waals surface area contributed by atoms with Crippen LogP contribution in [0, 0.1) is 13.8 Å². The van der Waals surface area contributed by atoms with Crippen molar-refractivity contribution in [2.75, 3.05) is 6.54 Å². The van der Waals surface area contributed by atoms with Crippen molar-refractivity contribution < 1.29 is 13.2 Å². The third kappa shape index (κ3) is 5.31. The van der Waals surface area contributed by atoms with Crippen LogP contribution in [-0.4, -0.2) is 35.6 Å². The van der Waals surface area contributed by atoms with Crippen molar-refractivity contribution in [3.63, 3.8) is 0 Å². The number of nitrogens with zero attached hydrogens (tertiary/aromatic N) is 3. The van der Waals surface area contributed by atoms with E-state index < -0.39 is 10.0 Å². The summed E-state index contributed by atoms with van der Waals surface area (Å²) in [6.45, 7) is 5.49. The van der Waals surface area contributed by atoms with E-state index in [-0.39, 0.29) is 29.8 Å². The van der Waals surface area contributed by atoms with Gasteiger partial charge in [0.15, 0.2) is 0 Å². The quantitative estimate of drug-likeness (QED) is 0.574. The van der Waals surface area contributed by atoms with Crippen LogP contribution in [0.2, 0.25) is 0 Å². The highest BCUT2D eigenvalue weighted by Gasteiger charge is 2.17. The minimum absolute atomic E-state index is 0.0273. The summed E-state index contributed by atoms with van der Waals surface area (Å²) in [6.07, 6.45) is 3.12. The number of sulfonamides is 1. The maximum absolute atomic E-state index is 12.5. The first-order chi connectivity index (χ1) is 14.3. The molecule has 1 aromatic heterocycles. The zero-order valence-corrected chi connectivity index (χ0v) is 18.0. The Hall–Kier alpha value is -3.04. The van der Waals surface area contributed by atoms with Gasteiger partial charge in [-0.25, -0.2) is 22.8 Å². The van der Waals surface area contributed by atoms with E-state index >= 15 is 0 Å². The predicted octanol–water partition coefficient (Wildman–Crippen LogP) is 2.43. The standard InChI is InChI=1S/C21H25N5O3S/c1-15-4-5-16(2)20(12-15)30(28,29)24-11-10-21(27)25-17(3)18-6-8-19(9-7-18)26-14-22-13-23-26/h4-9,12-14,17,24H,10-11H2,1-3H3,(H,25,27)/t17-/m1/s1. The Bertz CT molecular complexity index is 1110. The van der Waals surface area contributed by atoms with Crippen molar-refractivity contribution in [3.8, 4) is 5.69 Å². The molecule has 1 amide bonds. The first kappa shape index (κ1) is 21.7. The minimum atomic E-state index is -3.66. The SMILES string of the molecule is Cc1ccc(C)c(S(=O)(=O)NCCC(=O)N[C@H](C)c2ccc(-n3cncn3)cc2)c1. The van der Waals surface area contributed by atoms with Crippen molar-refractivity contribution in [1.29, 1.82) is 0 Å². The molecule has 0 spiro atoms. The predicted molar refractivity (Wildman–Crippen MR) is 114 cm³/mol. The number of carbonyl (C=O) groups is 1. The number of carbonyl (C=O) groups excluding carboxylic acids is 1. The zero-order chi connectivity index (χ0) is 21.7. The van der Waals surface area contributed by atoms with E-state index in [0.717, 1.165) is 16.8 Å². The Morgan fingerprint density at radius 3 is 2.53 bits per heavy atom. The Morgan fingerprint density at radius 1 is 1.13 bits per heavy atom. The molecule has 1 heterocycles. The smallest absolute Gasteiger partial charge is 0.240 e. The maximum atomic E-state index is 12.5. The summed E-state index contributed by atoms with van der Waals surface area (Å²) < 4.78 is 29.2. The monoisotopic (exact) mass is 427 g/mol. The van der Waals surface area contributed by atoms with Crippen LogP contribution in [0.4, 0.5) is 0 Å². The van der Waals surface area contributed by atoms with Crippen LogP contribution in [0.25, 0.3) is 5.69 Å². The number of hydrogen-bond acceptors (Lipinski definition) is 5. The topological polar surface area (TPSA) is 106 Å². The lowest BCUT2D eigenvalue weighted by Crippen LogP contribution is -2.32. The molecule has 0 fully saturated rings. The van der Waals surface area contributed by atoms with Gasteiger partial charge in [0, 0.05) is 13.0 Å². The Kier molecular flexibility index (Phi) is 6.63. The number of benzene rings is 2. The zero-order valence-electron chi connectivity index (χ0n) is 17.2. The van der Waals surface area contributed by atoms with Crippen molar-refractivity contribution in [1.82, 2.24) is 24.8 Å². The summed E-state index contributed by atoms with van der Waals surface area (Å²) in [6, 6.07) is 12.7. The van der Waals surface area contributed by atoms with Crippen LogP contribution >= 0.6 is 0 Å². The second kappa shape index (κ2) is 9.19. The minimum Gasteiger partial charge on any atom is -0.350 e. The summed E-state index contributed by atoms with van der Waals surface area (Å²) in [5.74, 6) is -0.230. The third-order valence-corrected chi connectivity index (χ3v) is 6.33. The van der Waals surface area contributed by atoms with E-state index in [2.05, 4.69) is 20.1 Å². The second-order valence-corrected chi connectivity index (χ2v) is 8.87. The lowest BCUT2D eigenvalue weighted by atomic mass is 10.1. The summed E-state index contributed by atoms with van der Waals surface area (Å²) in [4.78, 5) is 16.4. The largest absolute Gasteiger partial charge is 0.350 e. The van der Waals surface area contributed by atoms with Gasteiger partial charge in [-0.1, -0.05) is 24.3 Å². The van der Waals surface area contributed by atoms with Crippen LogP contribution < -0.4 is 10.0 Å². The fourth-order valence-electron chi connectivity index (χ4n) is 3.03. The fourth-order valence-corrected chi connectivity index (χ4v) is 4.39. The highest BCUT2D eigenvalue weighted by atomic mass is 32.2. The number of aromatic nitrogens is 3. The van der Waals surface area contributed by atoms with E-state index in [4.69, 9.17) is 0 Å². The van der Waals surface area contributed by atoms with Crippen LogP contribution in [0.3, 0.4) is 0 Å². The lowest BCUT2D eigenvalue weighted by molar-refractivity contribution is -0.121. The Morgan fingerprint density at radius 2 is 1.87 bits per heavy atom. The number of amides is 1. The summed E-state index contributed by atoms with van der Waals surface area (Å²) in [7, 11) is -3.66. The molecular weight excluding hydrogens is 402 g/mol. The molecule has 30 heavy (non-hydrogen) atoms. The van der Waals surface area contributed by atoms with E-state index in [1.165, 1.54) is 6.33 Å². The Balaban J connectivity index is 1.52. The molecule has 8 nitrogen and oxygen atoms in total. The first-order valence-corrected chi connectivity index (χ1v) is 11.1. The van der Waals surface area contributed by atoms with Crippen LogP contribution in [0.5, 0.6) is 0 Å². The van der Waals surface area contributed by atoms with Gasteiger partial charge in [0.1, 0.15) is 12.7 Å². The molecular formula is C21H25N5O3S. The number of hydrogen-bond donors (Lipinski definition) is 2. The average molecular weight is 428 g/mol. The van der Waals surface area contributed by atoms with Gasteiger partial charge < -0.3 is 5.32 Å². The second-order valence-electron chi connectivity index (χ2n) is 7.14. The van der Waals surface area contributed by atoms with Gasteiger partial charge in [-0.3, -0.25) is 4.79 Å². The van der Waals surface area contributed by atoms with E-state index in [1.807, 2.05) is 44.2 Å². The molecule has 0 aliphatic carbocycles. The maximum Gasteiger partial charge on any atom is 0.240 e. The summed E-state index contributed by atoms with van der Waals surface area (Å²) in [5.41, 5.74) is 3.33. The van der Waals surface area contributed by atoms with E-state index in [0.29, 0.717) is 5.56 Å². The molecule has 0 aliphatic heterocycles. The highest BCUT2D eigenvalue weighted by molar-refractivity contribution is 7.89. The van der Waals surface area contributed by atoms with Gasteiger partial charge in [-0.2, -0.15) is 5.10 Å². The molecule has 3 rings (SSSR count). The van der Waals surface area contributed by atoms with Gasteiger partial charge in [0.2, 0.25) is 15.9 Å².